The van der Waals surface area contributed by atoms with Crippen molar-refractivity contribution < 1.29 is 18.1 Å². The maximum absolute atomic E-state index is 13.1. The van der Waals surface area contributed by atoms with E-state index >= 15 is 0 Å². The second kappa shape index (κ2) is 8.39. The first-order chi connectivity index (χ1) is 13.1. The molecule has 0 fully saturated rings. The molecule has 1 aromatic carbocycles. The van der Waals surface area contributed by atoms with E-state index in [1.165, 1.54) is 11.3 Å². The number of nitrogens with zero attached hydrogens (tertiary/aromatic N) is 3. The molecule has 4 rings (SSSR count). The smallest absolute Gasteiger partial charge is 0.271 e. The number of hydrogen-bond acceptors (Lipinski definition) is 4. The average Bonchev–Trinajstić information content (AvgIpc) is 3.04. The Kier molecular flexibility index (Phi) is 6.13. The van der Waals surface area contributed by atoms with Crippen LogP contribution in [0.2, 0.25) is 0 Å². The third-order valence-corrected chi connectivity index (χ3v) is 5.95. The fourth-order valence-electron chi connectivity index (χ4n) is 3.47. The van der Waals surface area contributed by atoms with Gasteiger partial charge in [0, 0.05) is 17.5 Å². The maximum atomic E-state index is 13.1. The third kappa shape index (κ3) is 3.55. The van der Waals surface area contributed by atoms with Crippen molar-refractivity contribution in [3.8, 4) is 11.3 Å². The van der Waals surface area contributed by atoms with Crippen LogP contribution in [-0.2, 0) is 6.54 Å². The molecule has 0 spiro atoms. The summed E-state index contributed by atoms with van der Waals surface area (Å²) in [4.78, 5) is 23.6. The van der Waals surface area contributed by atoms with Crippen molar-refractivity contribution in [3.63, 3.8) is 0 Å². The summed E-state index contributed by atoms with van der Waals surface area (Å²) >= 11 is 1.45. The molecule has 0 unspecified atom stereocenters. The number of benzene rings is 1. The summed E-state index contributed by atoms with van der Waals surface area (Å²) in [5, 5.41) is 1.000. The lowest BCUT2D eigenvalue weighted by atomic mass is 10.1. The largest absolute Gasteiger partial charge is 1.00 e. The summed E-state index contributed by atoms with van der Waals surface area (Å²) in [6.07, 6.45) is 1.95. The summed E-state index contributed by atoms with van der Waals surface area (Å²) in [5.74, 6) is 0.766. The van der Waals surface area contributed by atoms with Crippen molar-refractivity contribution in [1.82, 2.24) is 14.5 Å². The monoisotopic (exact) mass is 414 g/mol. The molecule has 3 aromatic heterocycles. The molecule has 4 aromatic rings. The standard InChI is InChI=1S/C21H22N4OS.ClH/c1-13-12-16(15-8-4-3-5-9-15)24-20-17(13)18-19(27-20)21(26)25(14(2)23-18)11-7-6-10-22;/h3-5,8-9,12H,6-7,10-11,22H2,1-2H3;1H. The van der Waals surface area contributed by atoms with Gasteiger partial charge >= 0.3 is 0 Å². The van der Waals surface area contributed by atoms with Gasteiger partial charge < -0.3 is 18.1 Å². The molecule has 0 atom stereocenters. The molecule has 28 heavy (non-hydrogen) atoms. The van der Waals surface area contributed by atoms with Gasteiger partial charge in [-0.3, -0.25) is 9.36 Å². The van der Waals surface area contributed by atoms with E-state index in [1.807, 2.05) is 25.1 Å². The number of thiophene rings is 1. The highest BCUT2D eigenvalue weighted by molar-refractivity contribution is 7.25. The second-order valence-corrected chi connectivity index (χ2v) is 7.83. The molecule has 3 N–H and O–H groups in total. The predicted octanol–water partition coefficient (Wildman–Crippen LogP) is 0.316. The molecular weight excluding hydrogens is 392 g/mol. The van der Waals surface area contributed by atoms with Crippen LogP contribution in [0.5, 0.6) is 0 Å². The van der Waals surface area contributed by atoms with E-state index in [4.69, 9.17) is 9.97 Å². The molecule has 0 saturated heterocycles. The van der Waals surface area contributed by atoms with Crippen molar-refractivity contribution in [1.29, 1.82) is 0 Å². The van der Waals surface area contributed by atoms with E-state index < -0.39 is 0 Å². The van der Waals surface area contributed by atoms with E-state index in [2.05, 4.69) is 30.9 Å². The minimum atomic E-state index is 0. The Balaban J connectivity index is 0.00000225. The van der Waals surface area contributed by atoms with Gasteiger partial charge in [-0.15, -0.1) is 11.3 Å². The van der Waals surface area contributed by atoms with Gasteiger partial charge in [-0.25, -0.2) is 9.97 Å². The third-order valence-electron chi connectivity index (χ3n) is 4.89. The van der Waals surface area contributed by atoms with E-state index in [9.17, 15) is 4.79 Å². The maximum Gasteiger partial charge on any atom is 0.271 e. The van der Waals surface area contributed by atoms with Crippen molar-refractivity contribution >= 4 is 31.8 Å². The van der Waals surface area contributed by atoms with Gasteiger partial charge in [0.2, 0.25) is 0 Å². The van der Waals surface area contributed by atoms with Crippen molar-refractivity contribution in [2.75, 3.05) is 6.54 Å². The number of unbranched alkanes of at least 4 members (excludes halogenated alkanes) is 1. The minimum Gasteiger partial charge on any atom is -1.00 e. The molecule has 146 valence electrons. The molecular formula is C21H23ClN4OS. The Morgan fingerprint density at radius 3 is 2.57 bits per heavy atom. The molecule has 0 aliphatic rings. The van der Waals surface area contributed by atoms with Crippen molar-refractivity contribution in [2.45, 2.75) is 33.2 Å². The van der Waals surface area contributed by atoms with Crippen LogP contribution in [-0.4, -0.2) is 21.1 Å². The number of pyridine rings is 1. The highest BCUT2D eigenvalue weighted by atomic mass is 35.5. The molecule has 0 radical (unpaired) electrons. The Bertz CT molecular complexity index is 1180. The van der Waals surface area contributed by atoms with Crippen LogP contribution >= 0.6 is 11.3 Å². The number of aryl methyl sites for hydroxylation is 2. The quantitative estimate of drug-likeness (QED) is 0.478. The lowest BCUT2D eigenvalue weighted by molar-refractivity contribution is -0.368. The van der Waals surface area contributed by atoms with Gasteiger partial charge in [-0.1, -0.05) is 30.3 Å². The first kappa shape index (κ1) is 20.5. The molecule has 0 saturated carbocycles. The van der Waals surface area contributed by atoms with Gasteiger partial charge in [-0.05, 0) is 38.3 Å². The molecule has 0 aliphatic carbocycles. The number of rotatable bonds is 5. The highest BCUT2D eigenvalue weighted by Gasteiger charge is 2.17. The van der Waals surface area contributed by atoms with Gasteiger partial charge in [0.25, 0.3) is 5.56 Å². The number of hydrogen-bond donors (Lipinski definition) is 1. The van der Waals surface area contributed by atoms with Crippen LogP contribution in [0.15, 0.2) is 41.2 Å². The lowest BCUT2D eigenvalue weighted by Crippen LogP contribution is -3.00. The van der Waals surface area contributed by atoms with Crippen molar-refractivity contribution in [2.24, 2.45) is 0 Å². The van der Waals surface area contributed by atoms with Crippen LogP contribution in [0.25, 0.3) is 31.7 Å². The minimum absolute atomic E-state index is 0. The number of halogens is 1. The summed E-state index contributed by atoms with van der Waals surface area (Å²) in [6.45, 7) is 5.56. The van der Waals surface area contributed by atoms with Crippen LogP contribution in [0.1, 0.15) is 24.2 Å². The molecule has 0 aliphatic heterocycles. The Labute approximate surface area is 173 Å². The van der Waals surface area contributed by atoms with Crippen LogP contribution in [0.3, 0.4) is 0 Å². The lowest BCUT2D eigenvalue weighted by Gasteiger charge is -2.08. The molecule has 5 nitrogen and oxygen atoms in total. The predicted molar refractivity (Wildman–Crippen MR) is 111 cm³/mol. The van der Waals surface area contributed by atoms with Gasteiger partial charge in [0.05, 0.1) is 17.8 Å². The summed E-state index contributed by atoms with van der Waals surface area (Å²) in [6, 6.07) is 12.2. The van der Waals surface area contributed by atoms with Crippen molar-refractivity contribution in [3.05, 3.63) is 58.1 Å². The van der Waals surface area contributed by atoms with Crippen LogP contribution in [0.4, 0.5) is 0 Å². The zero-order chi connectivity index (χ0) is 19.0. The Morgan fingerprint density at radius 1 is 1.11 bits per heavy atom. The normalized spacial score (nSPS) is 11.1. The van der Waals surface area contributed by atoms with Gasteiger partial charge in [-0.2, -0.15) is 0 Å². The van der Waals surface area contributed by atoms with Crippen LogP contribution < -0.4 is 23.7 Å². The number of fused-ring (bicyclic) bond motifs is 3. The summed E-state index contributed by atoms with van der Waals surface area (Å²) < 4.78 is 2.49. The number of quaternary nitrogens is 1. The summed E-state index contributed by atoms with van der Waals surface area (Å²) in [7, 11) is 0. The first-order valence-electron chi connectivity index (χ1n) is 9.26. The van der Waals surface area contributed by atoms with Gasteiger partial charge in [0.1, 0.15) is 15.4 Å². The average molecular weight is 415 g/mol. The topological polar surface area (TPSA) is 75.4 Å². The van der Waals surface area contributed by atoms with E-state index in [0.29, 0.717) is 11.2 Å². The SMILES string of the molecule is Cc1cc(-c2ccccc2)nc2sc3c(=O)n(CCCC[NH3+])c(C)nc3c12.[Cl-]. The van der Waals surface area contributed by atoms with E-state index in [1.54, 1.807) is 4.57 Å². The molecule has 0 amide bonds. The van der Waals surface area contributed by atoms with E-state index in [-0.39, 0.29) is 18.0 Å². The number of aromatic nitrogens is 3. The zero-order valence-electron chi connectivity index (χ0n) is 16.0. The summed E-state index contributed by atoms with van der Waals surface area (Å²) in [5.41, 5.74) is 7.82. The Hall–Kier alpha value is -2.28. The molecule has 0 bridgehead atoms. The van der Waals surface area contributed by atoms with E-state index in [0.717, 1.165) is 57.8 Å². The fourth-order valence-corrected chi connectivity index (χ4v) is 4.61. The zero-order valence-corrected chi connectivity index (χ0v) is 17.6. The first-order valence-corrected chi connectivity index (χ1v) is 10.1. The highest BCUT2D eigenvalue weighted by Crippen LogP contribution is 2.34. The second-order valence-electron chi connectivity index (χ2n) is 6.83. The molecule has 7 heteroatoms. The molecule has 3 heterocycles. The Morgan fingerprint density at radius 2 is 1.86 bits per heavy atom. The fraction of sp³-hybridized carbons (Fsp3) is 0.286. The van der Waals surface area contributed by atoms with Crippen LogP contribution in [0, 0.1) is 13.8 Å². The van der Waals surface area contributed by atoms with Gasteiger partial charge in [0.15, 0.2) is 0 Å².